The minimum Gasteiger partial charge on any atom is -0.258 e. The van der Waals surface area contributed by atoms with Crippen LogP contribution in [0.4, 0.5) is 0 Å². The Labute approximate surface area is 332 Å². The Kier molecular flexibility index (Phi) is 12.3. The van der Waals surface area contributed by atoms with E-state index < -0.39 is 0 Å². The lowest BCUT2D eigenvalue weighted by atomic mass is 9.70. The molecular formula is C51H51N5. The second-order valence-electron chi connectivity index (χ2n) is 14.5. The molecule has 5 heteroatoms. The molecule has 0 radical (unpaired) electrons. The third-order valence-corrected chi connectivity index (χ3v) is 11.0. The summed E-state index contributed by atoms with van der Waals surface area (Å²) in [5.74, 6) is 2.84. The smallest absolute Gasteiger partial charge is 0.164 e. The number of rotatable bonds is 11. The van der Waals surface area contributed by atoms with Gasteiger partial charge < -0.3 is 0 Å². The van der Waals surface area contributed by atoms with Gasteiger partial charge in [0.15, 0.2) is 23.3 Å². The number of hydrogen-bond acceptors (Lipinski definition) is 4. The Balaban J connectivity index is 1.19. The molecule has 7 rings (SSSR count). The summed E-state index contributed by atoms with van der Waals surface area (Å²) in [7, 11) is 0. The van der Waals surface area contributed by atoms with Crippen molar-refractivity contribution in [1.29, 1.82) is 0 Å². The fourth-order valence-corrected chi connectivity index (χ4v) is 7.60. The van der Waals surface area contributed by atoms with Crippen LogP contribution >= 0.6 is 0 Å². The van der Waals surface area contributed by atoms with E-state index in [0.717, 1.165) is 89.3 Å². The molecule has 0 saturated heterocycles. The highest BCUT2D eigenvalue weighted by Gasteiger charge is 2.31. The number of allylic oxidation sites excluding steroid dienone is 10. The third-order valence-electron chi connectivity index (χ3n) is 11.0. The highest BCUT2D eigenvalue weighted by Crippen LogP contribution is 2.40. The third kappa shape index (κ3) is 8.74. The van der Waals surface area contributed by atoms with Crippen molar-refractivity contribution in [1.82, 2.24) is 15.0 Å². The molecule has 4 aromatic carbocycles. The lowest BCUT2D eigenvalue weighted by Gasteiger charge is -2.33. The summed E-state index contributed by atoms with van der Waals surface area (Å²) < 4.78 is 0. The van der Waals surface area contributed by atoms with Crippen LogP contribution in [0.1, 0.15) is 112 Å². The molecule has 1 heterocycles. The van der Waals surface area contributed by atoms with Crippen molar-refractivity contribution in [3.05, 3.63) is 197 Å². The lowest BCUT2D eigenvalue weighted by Crippen LogP contribution is -2.26. The molecule has 1 aromatic heterocycles. The number of nitrogens with zero attached hydrogens (tertiary/aromatic N) is 5. The van der Waals surface area contributed by atoms with Gasteiger partial charge >= 0.3 is 0 Å². The van der Waals surface area contributed by atoms with Crippen LogP contribution in [0.2, 0.25) is 0 Å². The van der Waals surface area contributed by atoms with Gasteiger partial charge in [0.25, 0.3) is 0 Å². The minimum atomic E-state index is -0.149. The molecule has 0 amide bonds. The lowest BCUT2D eigenvalue weighted by molar-refractivity contribution is 0.478. The Bertz CT molecular complexity index is 2320. The highest BCUT2D eigenvalue weighted by atomic mass is 15.0. The molecular weight excluding hydrogens is 683 g/mol. The van der Waals surface area contributed by atoms with Crippen molar-refractivity contribution < 1.29 is 0 Å². The quantitative estimate of drug-likeness (QED) is 0.100. The maximum atomic E-state index is 5.19. The van der Waals surface area contributed by atoms with Crippen molar-refractivity contribution >= 4 is 22.7 Å². The predicted octanol–water partition coefficient (Wildman–Crippen LogP) is 12.7. The summed E-state index contributed by atoms with van der Waals surface area (Å²) in [4.78, 5) is 25.3. The second-order valence-corrected chi connectivity index (χ2v) is 14.5. The molecule has 2 aliphatic rings. The summed E-state index contributed by atoms with van der Waals surface area (Å²) in [6.07, 6.45) is 23.3. The van der Waals surface area contributed by atoms with Crippen molar-refractivity contribution in [2.24, 2.45) is 9.98 Å². The zero-order valence-electron chi connectivity index (χ0n) is 33.1. The van der Waals surface area contributed by atoms with Crippen LogP contribution in [-0.2, 0) is 5.41 Å². The van der Waals surface area contributed by atoms with Gasteiger partial charge in [0, 0.05) is 33.4 Å². The largest absolute Gasteiger partial charge is 0.258 e. The molecule has 0 N–H and O–H groups in total. The Morgan fingerprint density at radius 2 is 1.27 bits per heavy atom. The highest BCUT2D eigenvalue weighted by molar-refractivity contribution is 6.11. The van der Waals surface area contributed by atoms with Crippen molar-refractivity contribution in [3.63, 3.8) is 0 Å². The first-order chi connectivity index (χ1) is 27.5. The summed E-state index contributed by atoms with van der Waals surface area (Å²) in [5.41, 5.74) is 9.65. The van der Waals surface area contributed by atoms with Gasteiger partial charge in [-0.1, -0.05) is 172 Å². The summed E-state index contributed by atoms with van der Waals surface area (Å²) in [6, 6.07) is 38.4. The molecule has 5 aromatic rings. The molecule has 0 bridgehead atoms. The van der Waals surface area contributed by atoms with Gasteiger partial charge in [-0.05, 0) is 74.6 Å². The summed E-state index contributed by atoms with van der Waals surface area (Å²) in [6.45, 7) is 8.78. The van der Waals surface area contributed by atoms with Crippen LogP contribution in [0.15, 0.2) is 168 Å². The maximum absolute atomic E-state index is 5.19. The molecule has 5 nitrogen and oxygen atoms in total. The van der Waals surface area contributed by atoms with E-state index in [0.29, 0.717) is 11.6 Å². The number of benzene rings is 4. The van der Waals surface area contributed by atoms with Gasteiger partial charge in [-0.15, -0.1) is 0 Å². The Morgan fingerprint density at radius 1 is 0.661 bits per heavy atom. The summed E-state index contributed by atoms with van der Waals surface area (Å²) in [5, 5.41) is 0. The fourth-order valence-electron chi connectivity index (χ4n) is 7.60. The van der Waals surface area contributed by atoms with E-state index in [4.69, 9.17) is 24.9 Å². The van der Waals surface area contributed by atoms with Crippen LogP contribution in [-0.4, -0.2) is 26.5 Å². The van der Waals surface area contributed by atoms with Crippen LogP contribution in [0.5, 0.6) is 0 Å². The molecule has 0 fully saturated rings. The second kappa shape index (κ2) is 18.0. The van der Waals surface area contributed by atoms with Gasteiger partial charge in [0.05, 0.1) is 6.04 Å². The van der Waals surface area contributed by atoms with Gasteiger partial charge in [0.2, 0.25) is 0 Å². The SMILES string of the molecule is CCC(CC)(c1ccc(-c2nc(C3=CC=CCC=C3)nc(C3=CCCCC=C3)n2)cc1)c1ccc(C(C)/N=C(\N=C(/C)c2ccccc2)c2ccccc2)cc1. The zero-order valence-corrected chi connectivity index (χ0v) is 33.1. The summed E-state index contributed by atoms with van der Waals surface area (Å²) >= 11 is 0. The number of aliphatic imine (C=N–C) groups is 2. The average molecular weight is 734 g/mol. The van der Waals surface area contributed by atoms with Crippen LogP contribution < -0.4 is 0 Å². The first-order valence-electron chi connectivity index (χ1n) is 20.1. The first-order valence-corrected chi connectivity index (χ1v) is 20.1. The van der Waals surface area contributed by atoms with Gasteiger partial charge in [0.1, 0.15) is 0 Å². The predicted molar refractivity (Wildman–Crippen MR) is 235 cm³/mol. The number of aromatic nitrogens is 3. The number of hydrogen-bond donors (Lipinski definition) is 0. The maximum Gasteiger partial charge on any atom is 0.164 e. The molecule has 280 valence electrons. The molecule has 0 aliphatic heterocycles. The van der Waals surface area contributed by atoms with Gasteiger partial charge in [-0.25, -0.2) is 19.9 Å². The zero-order chi connectivity index (χ0) is 38.7. The monoisotopic (exact) mass is 733 g/mol. The normalized spacial score (nSPS) is 15.5. The molecule has 0 saturated carbocycles. The van der Waals surface area contributed by atoms with E-state index in [1.54, 1.807) is 0 Å². The van der Waals surface area contributed by atoms with Crippen molar-refractivity contribution in [2.45, 2.75) is 77.7 Å². The van der Waals surface area contributed by atoms with Crippen molar-refractivity contribution in [2.75, 3.05) is 0 Å². The van der Waals surface area contributed by atoms with Crippen LogP contribution in [0.25, 0.3) is 22.5 Å². The van der Waals surface area contributed by atoms with Gasteiger partial charge in [-0.3, -0.25) is 4.99 Å². The molecule has 0 spiro atoms. The molecule has 1 atom stereocenters. The Morgan fingerprint density at radius 3 is 1.95 bits per heavy atom. The van der Waals surface area contributed by atoms with E-state index in [1.165, 1.54) is 11.1 Å². The molecule has 2 aliphatic carbocycles. The van der Waals surface area contributed by atoms with E-state index in [9.17, 15) is 0 Å². The topological polar surface area (TPSA) is 63.4 Å². The fraction of sp³-hybridized carbons (Fsp3) is 0.235. The Hall–Kier alpha value is -6.07. The van der Waals surface area contributed by atoms with E-state index in [2.05, 4.69) is 142 Å². The van der Waals surface area contributed by atoms with Crippen LogP contribution in [0.3, 0.4) is 0 Å². The van der Waals surface area contributed by atoms with E-state index in [-0.39, 0.29) is 11.5 Å². The van der Waals surface area contributed by atoms with Crippen LogP contribution in [0, 0.1) is 0 Å². The van der Waals surface area contributed by atoms with E-state index in [1.807, 2.05) is 43.3 Å². The average Bonchev–Trinajstić information content (AvgIpc) is 3.72. The number of amidine groups is 1. The van der Waals surface area contributed by atoms with Gasteiger partial charge in [-0.2, -0.15) is 0 Å². The van der Waals surface area contributed by atoms with Crippen molar-refractivity contribution in [3.8, 4) is 11.4 Å². The minimum absolute atomic E-state index is 0.0804. The molecule has 1 unspecified atom stereocenters. The standard InChI is InChI=1S/C51H51N5/c1-5-51(6-2,45-33-29-40(30-34-45)38(4)53-47(41-27-19-12-20-28-41)52-37(3)39-21-17-11-18-22-39)46-35-31-44(32-36-46)50-55-48(42-23-13-7-8-14-24-42)54-49(56-50)43-25-15-9-10-16-26-43/h7,11-15,17-36,38H,5-6,8-10,16H2,1-4H3/b52-37+,53-47-. The van der Waals surface area contributed by atoms with E-state index >= 15 is 0 Å². The first kappa shape index (κ1) is 38.2. The molecule has 56 heavy (non-hydrogen) atoms.